The number of anilines is 2. The second kappa shape index (κ2) is 8.92. The molecule has 0 saturated heterocycles. The number of hydrogen-bond acceptors (Lipinski definition) is 5. The van der Waals surface area contributed by atoms with Crippen molar-refractivity contribution in [3.8, 4) is 22.6 Å². The fourth-order valence-electron chi connectivity index (χ4n) is 4.03. The van der Waals surface area contributed by atoms with Gasteiger partial charge in [0.2, 0.25) is 5.91 Å². The number of aromatic hydroxyl groups is 1. The second-order valence-electron chi connectivity index (χ2n) is 7.73. The number of aromatic nitrogens is 1. The predicted octanol–water partition coefficient (Wildman–Crippen LogP) is 5.13. The highest BCUT2D eigenvalue weighted by Gasteiger charge is 2.30. The molecule has 2 aromatic carbocycles. The van der Waals surface area contributed by atoms with Gasteiger partial charge in [-0.3, -0.25) is 9.59 Å². The first-order chi connectivity index (χ1) is 16.5. The number of thiophene rings is 1. The Balaban J connectivity index is 1.64. The number of rotatable bonds is 6. The minimum Gasteiger partial charge on any atom is -0.508 e. The topological polar surface area (TPSA) is 103 Å². The molecule has 8 heteroatoms. The normalized spacial score (nSPS) is 13.6. The second-order valence-corrected chi connectivity index (χ2v) is 8.77. The Kier molecular flexibility index (Phi) is 5.65. The molecule has 0 spiro atoms. The molecule has 5 rings (SSSR count). The van der Waals surface area contributed by atoms with E-state index in [1.165, 1.54) is 11.3 Å². The summed E-state index contributed by atoms with van der Waals surface area (Å²) in [4.78, 5) is 29.9. The molecular formula is C26H21N3O4S. The molecular weight excluding hydrogens is 450 g/mol. The van der Waals surface area contributed by atoms with Crippen molar-refractivity contribution in [2.45, 2.75) is 6.42 Å². The first kappa shape index (κ1) is 21.5. The van der Waals surface area contributed by atoms with E-state index in [0.29, 0.717) is 39.5 Å². The number of aromatic amines is 1. The van der Waals surface area contributed by atoms with Gasteiger partial charge in [-0.15, -0.1) is 11.3 Å². The van der Waals surface area contributed by atoms with E-state index in [-0.39, 0.29) is 24.0 Å². The maximum absolute atomic E-state index is 13.0. The van der Waals surface area contributed by atoms with Gasteiger partial charge in [0.1, 0.15) is 11.5 Å². The molecule has 0 aliphatic carbocycles. The third kappa shape index (κ3) is 4.06. The summed E-state index contributed by atoms with van der Waals surface area (Å²) < 4.78 is 5.38. The summed E-state index contributed by atoms with van der Waals surface area (Å²) in [6.45, 7) is 0. The molecule has 0 bridgehead atoms. The first-order valence-corrected chi connectivity index (χ1v) is 11.4. The van der Waals surface area contributed by atoms with Crippen molar-refractivity contribution in [1.29, 1.82) is 0 Å². The van der Waals surface area contributed by atoms with E-state index < -0.39 is 0 Å². The number of methoxy groups -OCH3 is 1. The highest BCUT2D eigenvalue weighted by atomic mass is 32.1. The predicted molar refractivity (Wildman–Crippen MR) is 134 cm³/mol. The van der Waals surface area contributed by atoms with Crippen molar-refractivity contribution in [2.75, 3.05) is 17.7 Å². The molecule has 7 nitrogen and oxygen atoms in total. The average molecular weight is 472 g/mol. The number of ether oxygens (including phenoxy) is 1. The van der Waals surface area contributed by atoms with E-state index in [2.05, 4.69) is 15.6 Å². The smallest absolute Gasteiger partial charge is 0.256 e. The molecule has 1 aliphatic heterocycles. The van der Waals surface area contributed by atoms with Crippen LogP contribution in [0.4, 0.5) is 11.4 Å². The Bertz CT molecular complexity index is 1400. The van der Waals surface area contributed by atoms with Crippen LogP contribution in [-0.4, -0.2) is 29.0 Å². The summed E-state index contributed by atoms with van der Waals surface area (Å²) in [7, 11) is 1.57. The molecule has 2 aromatic heterocycles. The monoisotopic (exact) mass is 471 g/mol. The van der Waals surface area contributed by atoms with Gasteiger partial charge in [-0.2, -0.15) is 0 Å². The van der Waals surface area contributed by atoms with Crippen LogP contribution in [0.5, 0.6) is 11.5 Å². The zero-order chi connectivity index (χ0) is 23.7. The molecule has 4 aromatic rings. The number of fused-ring (bicyclic) bond motifs is 1. The summed E-state index contributed by atoms with van der Waals surface area (Å²) in [5, 5.41) is 17.7. The Morgan fingerprint density at radius 1 is 1.12 bits per heavy atom. The van der Waals surface area contributed by atoms with Gasteiger partial charge in [0.15, 0.2) is 0 Å². The van der Waals surface area contributed by atoms with Crippen LogP contribution in [0.15, 0.2) is 66.2 Å². The summed E-state index contributed by atoms with van der Waals surface area (Å²) in [5.41, 5.74) is 4.42. The number of phenolic OH excluding ortho intramolecular Hbond substituents is 1. The van der Waals surface area contributed by atoms with Crippen molar-refractivity contribution >= 4 is 46.2 Å². The zero-order valence-corrected chi connectivity index (χ0v) is 19.0. The lowest BCUT2D eigenvalue weighted by Crippen LogP contribution is -2.14. The summed E-state index contributed by atoms with van der Waals surface area (Å²) in [6, 6.07) is 15.8. The average Bonchev–Trinajstić information content (AvgIpc) is 3.56. The van der Waals surface area contributed by atoms with E-state index in [4.69, 9.17) is 4.74 Å². The summed E-state index contributed by atoms with van der Waals surface area (Å²) in [6.07, 6.45) is 3.73. The molecule has 0 atom stereocenters. The first-order valence-electron chi connectivity index (χ1n) is 10.6. The lowest BCUT2D eigenvalue weighted by atomic mass is 9.92. The molecule has 0 saturated carbocycles. The van der Waals surface area contributed by atoms with E-state index >= 15 is 0 Å². The van der Waals surface area contributed by atoms with Gasteiger partial charge in [-0.1, -0.05) is 18.2 Å². The Morgan fingerprint density at radius 2 is 1.94 bits per heavy atom. The van der Waals surface area contributed by atoms with Crippen LogP contribution < -0.4 is 15.4 Å². The zero-order valence-electron chi connectivity index (χ0n) is 18.2. The fraction of sp³-hybridized carbons (Fsp3) is 0.0769. The van der Waals surface area contributed by atoms with Crippen LogP contribution in [0.2, 0.25) is 0 Å². The molecule has 170 valence electrons. The van der Waals surface area contributed by atoms with Crippen LogP contribution >= 0.6 is 11.3 Å². The Labute approximate surface area is 199 Å². The number of amides is 2. The van der Waals surface area contributed by atoms with Crippen LogP contribution in [0.25, 0.3) is 22.8 Å². The van der Waals surface area contributed by atoms with Crippen LogP contribution in [0.1, 0.15) is 16.1 Å². The number of carbonyl (C=O) groups is 2. The summed E-state index contributed by atoms with van der Waals surface area (Å²) in [5.74, 6) is 0.325. The number of hydrogen-bond donors (Lipinski definition) is 4. The van der Waals surface area contributed by atoms with E-state index in [0.717, 1.165) is 10.4 Å². The van der Waals surface area contributed by atoms with Gasteiger partial charge in [0, 0.05) is 33.6 Å². The Morgan fingerprint density at radius 3 is 2.68 bits per heavy atom. The Hall–Kier alpha value is -4.30. The van der Waals surface area contributed by atoms with Crippen LogP contribution in [-0.2, 0) is 16.0 Å². The number of H-pyrrole nitrogens is 1. The van der Waals surface area contributed by atoms with Gasteiger partial charge < -0.3 is 25.5 Å². The summed E-state index contributed by atoms with van der Waals surface area (Å²) >= 11 is 1.52. The molecule has 4 N–H and O–H groups in total. The fourth-order valence-corrected chi connectivity index (χ4v) is 4.73. The largest absolute Gasteiger partial charge is 0.508 e. The highest BCUT2D eigenvalue weighted by molar-refractivity contribution is 7.10. The third-order valence-corrected chi connectivity index (χ3v) is 6.44. The van der Waals surface area contributed by atoms with Crippen molar-refractivity contribution < 1.29 is 19.4 Å². The van der Waals surface area contributed by atoms with Gasteiger partial charge >= 0.3 is 0 Å². The maximum atomic E-state index is 13.0. The van der Waals surface area contributed by atoms with Crippen LogP contribution in [0.3, 0.4) is 0 Å². The minimum atomic E-state index is -0.256. The molecule has 0 radical (unpaired) electrons. The maximum Gasteiger partial charge on any atom is 0.256 e. The number of phenols is 1. The van der Waals surface area contributed by atoms with Gasteiger partial charge in [-0.25, -0.2) is 0 Å². The molecule has 2 amide bonds. The van der Waals surface area contributed by atoms with Crippen molar-refractivity contribution in [2.24, 2.45) is 0 Å². The number of nitrogens with one attached hydrogen (secondary N) is 3. The minimum absolute atomic E-state index is 0.126. The molecule has 1 aliphatic rings. The third-order valence-electron chi connectivity index (χ3n) is 5.56. The molecule has 0 fully saturated rings. The lowest BCUT2D eigenvalue weighted by Gasteiger charge is -2.16. The van der Waals surface area contributed by atoms with Gasteiger partial charge in [0.25, 0.3) is 5.91 Å². The van der Waals surface area contributed by atoms with Crippen molar-refractivity contribution in [3.05, 3.63) is 82.3 Å². The van der Waals surface area contributed by atoms with Gasteiger partial charge in [-0.05, 0) is 53.4 Å². The molecule has 34 heavy (non-hydrogen) atoms. The quantitative estimate of drug-likeness (QED) is 0.293. The SMILES string of the molecule is COc1cc[nH]c1/C=C1\C(=O)Nc2ccc(NC(=O)Cc3cccs3)c(-c3ccc(O)cc3)c21. The number of benzene rings is 2. The highest BCUT2D eigenvalue weighted by Crippen LogP contribution is 2.45. The molecule has 0 unspecified atom stereocenters. The lowest BCUT2D eigenvalue weighted by molar-refractivity contribution is -0.115. The standard InChI is InChI=1S/C26H21N3O4S/c1-33-22-10-11-27-21(22)14-18-25-20(29-26(18)32)9-8-19(24(25)15-4-6-16(30)7-5-15)28-23(31)13-17-3-2-12-34-17/h2-12,14,27,30H,13H2,1H3,(H,28,31)(H,29,32)/b18-14-. The van der Waals surface area contributed by atoms with Gasteiger partial charge in [0.05, 0.1) is 24.8 Å². The van der Waals surface area contributed by atoms with E-state index in [1.807, 2.05) is 17.5 Å². The molecule has 3 heterocycles. The number of carbonyl (C=O) groups excluding carboxylic acids is 2. The van der Waals surface area contributed by atoms with E-state index in [9.17, 15) is 14.7 Å². The van der Waals surface area contributed by atoms with Crippen molar-refractivity contribution in [1.82, 2.24) is 4.98 Å². The van der Waals surface area contributed by atoms with Crippen LogP contribution in [0, 0.1) is 0 Å². The van der Waals surface area contributed by atoms with Crippen molar-refractivity contribution in [3.63, 3.8) is 0 Å². The van der Waals surface area contributed by atoms with E-state index in [1.54, 1.807) is 61.8 Å².